The number of para-hydroxylation sites is 1. The summed E-state index contributed by atoms with van der Waals surface area (Å²) in [7, 11) is -0.269. The van der Waals surface area contributed by atoms with Crippen molar-refractivity contribution in [1.82, 2.24) is 9.78 Å². The summed E-state index contributed by atoms with van der Waals surface area (Å²) in [5.74, 6) is 0.814. The molecule has 0 N–H and O–H groups in total. The van der Waals surface area contributed by atoms with Crippen molar-refractivity contribution < 1.29 is 13.2 Å². The van der Waals surface area contributed by atoms with Crippen molar-refractivity contribution >= 4 is 21.4 Å². The van der Waals surface area contributed by atoms with E-state index in [0.29, 0.717) is 23.5 Å². The summed E-state index contributed by atoms with van der Waals surface area (Å²) in [6.45, 7) is 6.94. The second-order valence-electron chi connectivity index (χ2n) is 9.69. The van der Waals surface area contributed by atoms with Gasteiger partial charge in [0, 0.05) is 31.4 Å². The third-order valence-electron chi connectivity index (χ3n) is 7.03. The Morgan fingerprint density at radius 2 is 1.76 bits per heavy atom. The Kier molecular flexibility index (Phi) is 6.45. The Morgan fingerprint density at radius 1 is 1.00 bits per heavy atom. The number of aromatic nitrogens is 2. The Morgan fingerprint density at radius 3 is 2.41 bits per heavy atom. The second kappa shape index (κ2) is 9.59. The van der Waals surface area contributed by atoms with Crippen LogP contribution in [0.4, 0.5) is 11.4 Å². The van der Waals surface area contributed by atoms with Gasteiger partial charge in [-0.2, -0.15) is 5.10 Å². The van der Waals surface area contributed by atoms with E-state index in [1.54, 1.807) is 28.4 Å². The van der Waals surface area contributed by atoms with Crippen molar-refractivity contribution in [3.05, 3.63) is 89.7 Å². The molecule has 3 aromatic carbocycles. The van der Waals surface area contributed by atoms with Crippen molar-refractivity contribution in [2.24, 2.45) is 7.05 Å². The molecular formula is C29H32N4O3S. The lowest BCUT2D eigenvalue weighted by atomic mass is 10.0. The minimum atomic E-state index is -3.79. The molecule has 5 rings (SSSR count). The highest BCUT2D eigenvalue weighted by atomic mass is 32.2. The average Bonchev–Trinajstić information content (AvgIpc) is 3.32. The summed E-state index contributed by atoms with van der Waals surface area (Å²) in [4.78, 5) is 2.61. The van der Waals surface area contributed by atoms with Gasteiger partial charge in [0.15, 0.2) is 0 Å². The lowest BCUT2D eigenvalue weighted by Gasteiger charge is -2.43. The number of aryl methyl sites for hydroxylation is 3. The molecule has 2 heterocycles. The summed E-state index contributed by atoms with van der Waals surface area (Å²) < 4.78 is 36.9. The minimum Gasteiger partial charge on any atom is -0.497 e. The van der Waals surface area contributed by atoms with Crippen LogP contribution in [0.1, 0.15) is 23.6 Å². The van der Waals surface area contributed by atoms with E-state index in [1.165, 1.54) is 0 Å². The van der Waals surface area contributed by atoms with Crippen LogP contribution in [0.25, 0.3) is 11.1 Å². The molecule has 1 aliphatic heterocycles. The normalized spacial score (nSPS) is 15.5. The topological polar surface area (TPSA) is 67.7 Å². The highest BCUT2D eigenvalue weighted by Crippen LogP contribution is 2.42. The van der Waals surface area contributed by atoms with E-state index in [0.717, 1.165) is 39.4 Å². The van der Waals surface area contributed by atoms with Crippen LogP contribution < -0.4 is 13.9 Å². The van der Waals surface area contributed by atoms with Crippen LogP contribution >= 0.6 is 0 Å². The van der Waals surface area contributed by atoms with Crippen LogP contribution in [0.2, 0.25) is 0 Å². The van der Waals surface area contributed by atoms with E-state index in [4.69, 9.17) is 4.74 Å². The van der Waals surface area contributed by atoms with Gasteiger partial charge in [-0.1, -0.05) is 30.3 Å². The van der Waals surface area contributed by atoms with Crippen molar-refractivity contribution in [1.29, 1.82) is 0 Å². The summed E-state index contributed by atoms with van der Waals surface area (Å²) in [5.41, 5.74) is 6.34. The van der Waals surface area contributed by atoms with Gasteiger partial charge in [-0.15, -0.1) is 0 Å². The first-order valence-electron chi connectivity index (χ1n) is 12.3. The Labute approximate surface area is 219 Å². The van der Waals surface area contributed by atoms with Crippen LogP contribution in [-0.2, 0) is 23.6 Å². The van der Waals surface area contributed by atoms with Crippen LogP contribution in [0, 0.1) is 13.8 Å². The van der Waals surface area contributed by atoms with Crippen LogP contribution in [-0.4, -0.2) is 37.9 Å². The summed E-state index contributed by atoms with van der Waals surface area (Å²) >= 11 is 0. The number of hydrogen-bond acceptors (Lipinski definition) is 5. The first kappa shape index (κ1) is 24.9. The molecule has 0 spiro atoms. The third-order valence-corrected chi connectivity index (χ3v) is 8.96. The number of methoxy groups -OCH3 is 1. The molecule has 1 aliphatic rings. The molecule has 7 nitrogen and oxygen atoms in total. The SMILES string of the molecule is COc1ccc(CN2c3cccc(C)c3N(S(=O)(=O)c3ccc(-c4cnn(C)c4)cc3C)CC2C)cc1. The van der Waals surface area contributed by atoms with Gasteiger partial charge in [-0.25, -0.2) is 8.42 Å². The molecule has 1 atom stereocenters. The smallest absolute Gasteiger partial charge is 0.264 e. The maximum atomic E-state index is 14.1. The number of rotatable bonds is 6. The maximum absolute atomic E-state index is 14.1. The fourth-order valence-electron chi connectivity index (χ4n) is 5.06. The van der Waals surface area contributed by atoms with Gasteiger partial charge in [0.05, 0.1) is 36.1 Å². The van der Waals surface area contributed by atoms with Crippen molar-refractivity contribution in [3.8, 4) is 16.9 Å². The van der Waals surface area contributed by atoms with E-state index < -0.39 is 10.0 Å². The molecule has 0 saturated carbocycles. The quantitative estimate of drug-likeness (QED) is 0.347. The average molecular weight is 517 g/mol. The van der Waals surface area contributed by atoms with E-state index >= 15 is 0 Å². The molecule has 0 saturated heterocycles. The van der Waals surface area contributed by atoms with E-state index in [2.05, 4.69) is 29.1 Å². The van der Waals surface area contributed by atoms with Crippen molar-refractivity contribution in [2.75, 3.05) is 22.9 Å². The summed E-state index contributed by atoms with van der Waals surface area (Å²) in [6, 6.07) is 19.5. The molecule has 1 aromatic heterocycles. The zero-order valence-electron chi connectivity index (χ0n) is 21.8. The number of nitrogens with zero attached hydrogens (tertiary/aromatic N) is 4. The zero-order chi connectivity index (χ0) is 26.3. The molecule has 1 unspecified atom stereocenters. The predicted octanol–water partition coefficient (Wildman–Crippen LogP) is 5.32. The summed E-state index contributed by atoms with van der Waals surface area (Å²) in [6.07, 6.45) is 3.71. The molecule has 0 radical (unpaired) electrons. The van der Waals surface area contributed by atoms with Crippen molar-refractivity contribution in [2.45, 2.75) is 38.3 Å². The highest BCUT2D eigenvalue weighted by molar-refractivity contribution is 7.93. The fourth-order valence-corrected chi connectivity index (χ4v) is 6.89. The molecule has 192 valence electrons. The molecule has 4 aromatic rings. The minimum absolute atomic E-state index is 0.0267. The maximum Gasteiger partial charge on any atom is 0.264 e. The lowest BCUT2D eigenvalue weighted by Crippen LogP contribution is -2.49. The Bertz CT molecular complexity index is 1540. The third kappa shape index (κ3) is 4.57. The van der Waals surface area contributed by atoms with Gasteiger partial charge >= 0.3 is 0 Å². The highest BCUT2D eigenvalue weighted by Gasteiger charge is 2.37. The van der Waals surface area contributed by atoms with E-state index in [-0.39, 0.29) is 6.04 Å². The number of hydrogen-bond donors (Lipinski definition) is 0. The summed E-state index contributed by atoms with van der Waals surface area (Å²) in [5, 5.41) is 4.24. The molecule has 8 heteroatoms. The van der Waals surface area contributed by atoms with E-state index in [9.17, 15) is 8.42 Å². The van der Waals surface area contributed by atoms with Gasteiger partial charge in [0.25, 0.3) is 10.0 Å². The van der Waals surface area contributed by atoms with Gasteiger partial charge in [-0.3, -0.25) is 8.99 Å². The second-order valence-corrected chi connectivity index (χ2v) is 11.5. The number of fused-ring (bicyclic) bond motifs is 1. The van der Waals surface area contributed by atoms with Crippen LogP contribution in [0.5, 0.6) is 5.75 Å². The zero-order valence-corrected chi connectivity index (χ0v) is 22.7. The van der Waals surface area contributed by atoms with Gasteiger partial charge in [-0.05, 0) is 73.4 Å². The lowest BCUT2D eigenvalue weighted by molar-refractivity contribution is 0.414. The van der Waals surface area contributed by atoms with Gasteiger partial charge in [0.2, 0.25) is 0 Å². The number of benzene rings is 3. The van der Waals surface area contributed by atoms with Crippen LogP contribution in [0.3, 0.4) is 0 Å². The number of sulfonamides is 1. The number of ether oxygens (including phenoxy) is 1. The predicted molar refractivity (Wildman–Crippen MR) is 148 cm³/mol. The van der Waals surface area contributed by atoms with Gasteiger partial charge in [0.1, 0.15) is 5.75 Å². The molecule has 37 heavy (non-hydrogen) atoms. The first-order valence-corrected chi connectivity index (χ1v) is 13.7. The first-order chi connectivity index (χ1) is 17.7. The van der Waals surface area contributed by atoms with E-state index in [1.807, 2.05) is 69.6 Å². The largest absolute Gasteiger partial charge is 0.497 e. The number of anilines is 2. The monoisotopic (exact) mass is 516 g/mol. The molecule has 0 aliphatic carbocycles. The molecular weight excluding hydrogens is 484 g/mol. The fraction of sp³-hybridized carbons (Fsp3) is 0.276. The molecule has 0 bridgehead atoms. The molecule has 0 fully saturated rings. The Balaban J connectivity index is 1.52. The Hall–Kier alpha value is -3.78. The standard InChI is InChI=1S/C29H32N4O3S/c1-20-7-6-8-27-29(20)33(17-22(3)32(27)18-23-9-12-26(36-5)13-10-23)37(34,35)28-14-11-24(15-21(28)2)25-16-30-31(4)19-25/h6-16,19,22H,17-18H2,1-5H3. The van der Waals surface area contributed by atoms with Gasteiger partial charge < -0.3 is 9.64 Å². The van der Waals surface area contributed by atoms with Crippen molar-refractivity contribution in [3.63, 3.8) is 0 Å². The molecule has 0 amide bonds. The van der Waals surface area contributed by atoms with Crippen LogP contribution in [0.15, 0.2) is 78.0 Å².